The van der Waals surface area contributed by atoms with Crippen LogP contribution in [0.1, 0.15) is 245 Å². The van der Waals surface area contributed by atoms with Crippen molar-refractivity contribution in [3.05, 3.63) is 85.1 Å². The third kappa shape index (κ3) is 45.6. The first kappa shape index (κ1) is 61.0. The van der Waals surface area contributed by atoms with E-state index in [2.05, 4.69) is 111 Å². The standard InChI is InChI=1S/C58H101NO5/c1-4-7-10-13-16-19-22-24-26-28-30-32-35-37-40-43-46-49-54(52-57(62)59-55(53-60)56(61)50-47-44-41-38-34-21-18-15-12-9-6-3)64-58(63)51-48-45-42-39-36-33-31-29-27-25-23-20-17-14-11-8-5-2/h16-17,19-20,24-27,30-33,39,42,54-56,60-61H,4-15,18,21-23,28-29,34-38,40-41,43-53H2,1-3H3,(H,59,62)/b19-16-,20-17-,26-24-,27-25-,32-30-,33-31-,42-39-. The minimum Gasteiger partial charge on any atom is -0.462 e. The fraction of sp³-hybridized carbons (Fsp3) is 0.724. The van der Waals surface area contributed by atoms with Gasteiger partial charge in [-0.2, -0.15) is 0 Å². The number of aliphatic hydroxyl groups excluding tert-OH is 2. The molecule has 0 aromatic carbocycles. The van der Waals surface area contributed by atoms with Crippen molar-refractivity contribution >= 4 is 11.9 Å². The van der Waals surface area contributed by atoms with E-state index in [4.69, 9.17) is 4.74 Å². The molecule has 368 valence electrons. The first-order valence-electron chi connectivity index (χ1n) is 26.8. The van der Waals surface area contributed by atoms with Gasteiger partial charge in [-0.1, -0.05) is 215 Å². The predicted octanol–water partition coefficient (Wildman–Crippen LogP) is 16.3. The van der Waals surface area contributed by atoms with Crippen LogP contribution in [0.4, 0.5) is 0 Å². The minimum absolute atomic E-state index is 0.0372. The monoisotopic (exact) mass is 892 g/mol. The first-order chi connectivity index (χ1) is 31.5. The maximum atomic E-state index is 13.2. The van der Waals surface area contributed by atoms with E-state index in [9.17, 15) is 19.8 Å². The van der Waals surface area contributed by atoms with Crippen LogP contribution in [0.3, 0.4) is 0 Å². The molecule has 0 saturated heterocycles. The number of rotatable bonds is 47. The predicted molar refractivity (Wildman–Crippen MR) is 278 cm³/mol. The van der Waals surface area contributed by atoms with Crippen LogP contribution in [0.15, 0.2) is 85.1 Å². The lowest BCUT2D eigenvalue weighted by Crippen LogP contribution is -2.46. The van der Waals surface area contributed by atoms with Gasteiger partial charge in [0.1, 0.15) is 6.10 Å². The summed E-state index contributed by atoms with van der Waals surface area (Å²) in [6.07, 6.45) is 66.4. The highest BCUT2D eigenvalue weighted by atomic mass is 16.5. The number of hydrogen-bond donors (Lipinski definition) is 3. The second-order valence-electron chi connectivity index (χ2n) is 17.9. The Kier molecular flexibility index (Phi) is 48.7. The van der Waals surface area contributed by atoms with Gasteiger partial charge in [-0.25, -0.2) is 0 Å². The summed E-state index contributed by atoms with van der Waals surface area (Å²) in [5.74, 6) is -0.566. The highest BCUT2D eigenvalue weighted by Gasteiger charge is 2.24. The maximum Gasteiger partial charge on any atom is 0.306 e. The van der Waals surface area contributed by atoms with Gasteiger partial charge in [0.25, 0.3) is 0 Å². The number of carbonyl (C=O) groups is 2. The topological polar surface area (TPSA) is 95.9 Å². The third-order valence-electron chi connectivity index (χ3n) is 11.7. The average Bonchev–Trinajstić information content (AvgIpc) is 3.29. The summed E-state index contributed by atoms with van der Waals surface area (Å²) in [5, 5.41) is 23.8. The molecule has 1 amide bonds. The van der Waals surface area contributed by atoms with Gasteiger partial charge in [0, 0.05) is 6.42 Å². The van der Waals surface area contributed by atoms with E-state index >= 15 is 0 Å². The Morgan fingerprint density at radius 3 is 1.23 bits per heavy atom. The van der Waals surface area contributed by atoms with Crippen LogP contribution in [0.25, 0.3) is 0 Å². The summed E-state index contributed by atoms with van der Waals surface area (Å²) in [7, 11) is 0. The largest absolute Gasteiger partial charge is 0.462 e. The molecule has 64 heavy (non-hydrogen) atoms. The molecule has 0 aliphatic carbocycles. The van der Waals surface area contributed by atoms with Gasteiger partial charge < -0.3 is 20.3 Å². The highest BCUT2D eigenvalue weighted by Crippen LogP contribution is 2.17. The van der Waals surface area contributed by atoms with E-state index in [1.54, 1.807) is 0 Å². The number of carbonyl (C=O) groups excluding carboxylic acids is 2. The summed E-state index contributed by atoms with van der Waals surface area (Å²) in [5.41, 5.74) is 0. The number of aliphatic hydroxyl groups is 2. The Morgan fingerprint density at radius 1 is 0.453 bits per heavy atom. The van der Waals surface area contributed by atoms with E-state index in [1.807, 2.05) is 0 Å². The molecule has 3 unspecified atom stereocenters. The number of ether oxygens (including phenoxy) is 1. The van der Waals surface area contributed by atoms with E-state index < -0.39 is 18.2 Å². The van der Waals surface area contributed by atoms with Gasteiger partial charge in [-0.3, -0.25) is 9.59 Å². The third-order valence-corrected chi connectivity index (χ3v) is 11.7. The van der Waals surface area contributed by atoms with Crippen molar-refractivity contribution in [1.29, 1.82) is 0 Å². The molecule has 0 heterocycles. The molecule has 6 heteroatoms. The van der Waals surface area contributed by atoms with Crippen LogP contribution in [0, 0.1) is 0 Å². The second kappa shape index (κ2) is 51.0. The second-order valence-corrected chi connectivity index (χ2v) is 17.9. The number of allylic oxidation sites excluding steroid dienone is 14. The molecule has 3 atom stereocenters. The minimum atomic E-state index is -0.807. The molecule has 3 N–H and O–H groups in total. The first-order valence-corrected chi connectivity index (χ1v) is 26.8. The van der Waals surface area contributed by atoms with Crippen molar-refractivity contribution in [1.82, 2.24) is 5.32 Å². The van der Waals surface area contributed by atoms with Crippen LogP contribution in [0.5, 0.6) is 0 Å². The normalized spacial score (nSPS) is 13.9. The highest BCUT2D eigenvalue weighted by molar-refractivity contribution is 5.77. The summed E-state index contributed by atoms with van der Waals surface area (Å²) < 4.78 is 5.91. The molecule has 0 saturated carbocycles. The molecule has 0 bridgehead atoms. The molecule has 0 radical (unpaired) electrons. The summed E-state index contributed by atoms with van der Waals surface area (Å²) in [6.45, 7) is 6.40. The summed E-state index contributed by atoms with van der Waals surface area (Å²) in [4.78, 5) is 26.2. The lowest BCUT2D eigenvalue weighted by molar-refractivity contribution is -0.151. The fourth-order valence-corrected chi connectivity index (χ4v) is 7.61. The number of unbranched alkanes of at least 4 members (excludes halogenated alkanes) is 21. The summed E-state index contributed by atoms with van der Waals surface area (Å²) >= 11 is 0. The van der Waals surface area contributed by atoms with E-state index in [0.29, 0.717) is 25.7 Å². The van der Waals surface area contributed by atoms with Crippen molar-refractivity contribution in [2.45, 2.75) is 264 Å². The molecule has 0 aliphatic rings. The molecule has 0 fully saturated rings. The fourth-order valence-electron chi connectivity index (χ4n) is 7.61. The molecule has 0 spiro atoms. The van der Waals surface area contributed by atoms with Crippen LogP contribution < -0.4 is 5.32 Å². The molecule has 0 rings (SSSR count). The van der Waals surface area contributed by atoms with Gasteiger partial charge >= 0.3 is 5.97 Å². The van der Waals surface area contributed by atoms with Gasteiger partial charge in [0.05, 0.1) is 25.2 Å². The quantitative estimate of drug-likeness (QED) is 0.0321. The molecule has 0 aliphatic heterocycles. The van der Waals surface area contributed by atoms with Gasteiger partial charge in [-0.05, 0) is 103 Å². The lowest BCUT2D eigenvalue weighted by Gasteiger charge is -2.24. The van der Waals surface area contributed by atoms with Crippen LogP contribution >= 0.6 is 0 Å². The Bertz CT molecular complexity index is 1230. The van der Waals surface area contributed by atoms with Gasteiger partial charge in [-0.15, -0.1) is 0 Å². The molecule has 0 aromatic heterocycles. The number of amides is 1. The van der Waals surface area contributed by atoms with Gasteiger partial charge in [0.2, 0.25) is 5.91 Å². The van der Waals surface area contributed by atoms with Crippen molar-refractivity contribution in [2.24, 2.45) is 0 Å². The molecule has 6 nitrogen and oxygen atoms in total. The van der Waals surface area contributed by atoms with Gasteiger partial charge in [0.15, 0.2) is 0 Å². The zero-order valence-electron chi connectivity index (χ0n) is 41.9. The molecular formula is C58H101NO5. The Morgan fingerprint density at radius 2 is 0.797 bits per heavy atom. The SMILES string of the molecule is CCCCC/C=C\C/C=C\C/C=C\C/C=C\CCCC(=O)OC(CCCCCC/C=C\C/C=C\C/C=C\CCCCC)CC(=O)NC(CO)C(O)CCCCCCCCCCCCC. The van der Waals surface area contributed by atoms with E-state index in [-0.39, 0.29) is 24.9 Å². The number of esters is 1. The lowest BCUT2D eigenvalue weighted by atomic mass is 10.0. The average molecular weight is 892 g/mol. The Labute approximate surface area is 395 Å². The smallest absolute Gasteiger partial charge is 0.306 e. The zero-order valence-corrected chi connectivity index (χ0v) is 41.9. The van der Waals surface area contributed by atoms with Crippen molar-refractivity contribution in [2.75, 3.05) is 6.61 Å². The maximum absolute atomic E-state index is 13.2. The molecule has 0 aromatic rings. The number of nitrogens with one attached hydrogen (secondary N) is 1. The Hall–Kier alpha value is -2.96. The summed E-state index contributed by atoms with van der Waals surface area (Å²) in [6, 6.07) is -0.724. The van der Waals surface area contributed by atoms with Crippen molar-refractivity contribution in [3.63, 3.8) is 0 Å². The van der Waals surface area contributed by atoms with E-state index in [0.717, 1.165) is 89.9 Å². The molecular weight excluding hydrogens is 791 g/mol. The zero-order chi connectivity index (χ0) is 46.7. The van der Waals surface area contributed by atoms with Crippen molar-refractivity contribution < 1.29 is 24.5 Å². The van der Waals surface area contributed by atoms with Crippen LogP contribution in [-0.2, 0) is 14.3 Å². The van der Waals surface area contributed by atoms with Crippen LogP contribution in [-0.4, -0.2) is 46.9 Å². The number of hydrogen-bond acceptors (Lipinski definition) is 5. The van der Waals surface area contributed by atoms with Crippen molar-refractivity contribution in [3.8, 4) is 0 Å². The van der Waals surface area contributed by atoms with Crippen LogP contribution in [0.2, 0.25) is 0 Å². The Balaban J connectivity index is 4.74. The van der Waals surface area contributed by atoms with E-state index in [1.165, 1.54) is 103 Å².